The lowest BCUT2D eigenvalue weighted by Gasteiger charge is -2.26. The van der Waals surface area contributed by atoms with Gasteiger partial charge in [0.25, 0.3) is 5.56 Å². The second-order valence-electron chi connectivity index (χ2n) is 7.32. The molecule has 4 rings (SSSR count). The average Bonchev–Trinajstić information content (AvgIpc) is 2.80. The fourth-order valence-electron chi connectivity index (χ4n) is 3.64. The lowest BCUT2D eigenvalue weighted by Crippen LogP contribution is -2.37. The van der Waals surface area contributed by atoms with Gasteiger partial charge < -0.3 is 9.47 Å². The number of morpholine rings is 1. The summed E-state index contributed by atoms with van der Waals surface area (Å²) in [6.45, 7) is 5.12. The number of thioether (sulfide) groups is 1. The van der Waals surface area contributed by atoms with Gasteiger partial charge in [0, 0.05) is 31.9 Å². The third kappa shape index (κ3) is 5.03. The summed E-state index contributed by atoms with van der Waals surface area (Å²) < 4.78 is 12.6. The molecule has 158 valence electrons. The lowest BCUT2D eigenvalue weighted by atomic mass is 10.2. The summed E-state index contributed by atoms with van der Waals surface area (Å²) >= 11 is 1.60. The van der Waals surface area contributed by atoms with E-state index < -0.39 is 0 Å². The number of benzene rings is 2. The predicted molar refractivity (Wildman–Crippen MR) is 120 cm³/mol. The average molecular weight is 426 g/mol. The van der Waals surface area contributed by atoms with Crippen molar-refractivity contribution < 1.29 is 9.47 Å². The van der Waals surface area contributed by atoms with Crippen LogP contribution in [-0.2, 0) is 17.0 Å². The van der Waals surface area contributed by atoms with Crippen LogP contribution in [0.15, 0.2) is 58.5 Å². The Bertz CT molecular complexity index is 1050. The van der Waals surface area contributed by atoms with Gasteiger partial charge in [-0.05, 0) is 36.2 Å². The molecule has 1 saturated heterocycles. The molecule has 0 spiro atoms. The first-order valence-corrected chi connectivity index (χ1v) is 11.3. The number of rotatable bonds is 8. The second kappa shape index (κ2) is 10.1. The Morgan fingerprint density at radius 1 is 1.10 bits per heavy atom. The van der Waals surface area contributed by atoms with Crippen molar-refractivity contribution in [2.75, 3.05) is 40.0 Å². The highest BCUT2D eigenvalue weighted by Gasteiger charge is 2.14. The molecular weight excluding hydrogens is 398 g/mol. The number of nitrogens with zero attached hydrogens (tertiary/aromatic N) is 3. The Morgan fingerprint density at radius 2 is 1.93 bits per heavy atom. The Hall–Kier alpha value is -2.35. The van der Waals surface area contributed by atoms with Gasteiger partial charge >= 0.3 is 0 Å². The molecule has 7 heteroatoms. The normalized spacial score (nSPS) is 14.8. The van der Waals surface area contributed by atoms with Gasteiger partial charge in [0.05, 0.1) is 31.2 Å². The molecule has 1 aliphatic heterocycles. The SMILES string of the molecule is COc1cccc(CSc2nc3ccccc3c(=O)n2CCCN2CCOCC2)c1. The molecule has 2 heterocycles. The molecule has 0 bridgehead atoms. The van der Waals surface area contributed by atoms with Gasteiger partial charge in [-0.25, -0.2) is 4.98 Å². The van der Waals surface area contributed by atoms with Gasteiger partial charge in [-0.15, -0.1) is 0 Å². The van der Waals surface area contributed by atoms with Crippen molar-refractivity contribution in [3.8, 4) is 5.75 Å². The van der Waals surface area contributed by atoms with E-state index in [1.54, 1.807) is 18.9 Å². The quantitative estimate of drug-likeness (QED) is 0.407. The third-order valence-corrected chi connectivity index (χ3v) is 6.34. The Morgan fingerprint density at radius 3 is 2.77 bits per heavy atom. The number of hydrogen-bond acceptors (Lipinski definition) is 6. The number of hydrogen-bond donors (Lipinski definition) is 0. The standard InChI is InChI=1S/C23H27N3O3S/c1-28-19-7-4-6-18(16-19)17-30-23-24-21-9-3-2-8-20(21)22(27)26(23)11-5-10-25-12-14-29-15-13-25/h2-4,6-9,16H,5,10-15,17H2,1H3. The molecule has 1 fully saturated rings. The molecule has 0 atom stereocenters. The van der Waals surface area contributed by atoms with Crippen molar-refractivity contribution in [3.05, 3.63) is 64.4 Å². The molecular formula is C23H27N3O3S. The van der Waals surface area contributed by atoms with E-state index in [1.165, 1.54) is 0 Å². The van der Waals surface area contributed by atoms with E-state index in [-0.39, 0.29) is 5.56 Å². The minimum absolute atomic E-state index is 0.0377. The number of fused-ring (bicyclic) bond motifs is 1. The van der Waals surface area contributed by atoms with Crippen LogP contribution in [0.3, 0.4) is 0 Å². The zero-order valence-corrected chi connectivity index (χ0v) is 18.1. The van der Waals surface area contributed by atoms with E-state index in [2.05, 4.69) is 11.0 Å². The Labute approximate surface area is 180 Å². The number of para-hydroxylation sites is 1. The Balaban J connectivity index is 1.54. The maximum absolute atomic E-state index is 13.2. The van der Waals surface area contributed by atoms with Crippen LogP contribution in [0.1, 0.15) is 12.0 Å². The van der Waals surface area contributed by atoms with Crippen LogP contribution >= 0.6 is 11.8 Å². The van der Waals surface area contributed by atoms with Crippen LogP contribution < -0.4 is 10.3 Å². The molecule has 0 aliphatic carbocycles. The second-order valence-corrected chi connectivity index (χ2v) is 8.26. The van der Waals surface area contributed by atoms with Crippen LogP contribution in [0.5, 0.6) is 5.75 Å². The summed E-state index contributed by atoms with van der Waals surface area (Å²) in [7, 11) is 1.67. The summed E-state index contributed by atoms with van der Waals surface area (Å²) in [5, 5.41) is 1.44. The van der Waals surface area contributed by atoms with Gasteiger partial charge in [0.1, 0.15) is 5.75 Å². The highest BCUT2D eigenvalue weighted by molar-refractivity contribution is 7.98. The molecule has 1 aliphatic rings. The molecule has 0 radical (unpaired) electrons. The van der Waals surface area contributed by atoms with Crippen LogP contribution in [0, 0.1) is 0 Å². The van der Waals surface area contributed by atoms with Crippen molar-refractivity contribution in [3.63, 3.8) is 0 Å². The van der Waals surface area contributed by atoms with Crippen LogP contribution in [0.2, 0.25) is 0 Å². The van der Waals surface area contributed by atoms with E-state index in [1.807, 2.05) is 47.0 Å². The van der Waals surface area contributed by atoms with E-state index >= 15 is 0 Å². The minimum atomic E-state index is 0.0377. The highest BCUT2D eigenvalue weighted by Crippen LogP contribution is 2.24. The van der Waals surface area contributed by atoms with Gasteiger partial charge in [0.2, 0.25) is 0 Å². The van der Waals surface area contributed by atoms with Crippen LogP contribution in [0.25, 0.3) is 10.9 Å². The van der Waals surface area contributed by atoms with E-state index in [0.717, 1.165) is 67.0 Å². The summed E-state index contributed by atoms with van der Waals surface area (Å²) in [6, 6.07) is 15.6. The van der Waals surface area contributed by atoms with E-state index in [4.69, 9.17) is 14.5 Å². The minimum Gasteiger partial charge on any atom is -0.497 e. The first kappa shape index (κ1) is 20.9. The molecule has 2 aromatic carbocycles. The fourth-order valence-corrected chi connectivity index (χ4v) is 4.61. The summed E-state index contributed by atoms with van der Waals surface area (Å²) in [5.41, 5.74) is 1.93. The highest BCUT2D eigenvalue weighted by atomic mass is 32.2. The molecule has 0 unspecified atom stereocenters. The van der Waals surface area contributed by atoms with Crippen molar-refractivity contribution in [1.29, 1.82) is 0 Å². The topological polar surface area (TPSA) is 56.6 Å². The van der Waals surface area contributed by atoms with Gasteiger partial charge in [-0.3, -0.25) is 14.3 Å². The van der Waals surface area contributed by atoms with Crippen molar-refractivity contribution in [2.45, 2.75) is 23.9 Å². The largest absolute Gasteiger partial charge is 0.497 e. The van der Waals surface area contributed by atoms with E-state index in [9.17, 15) is 4.79 Å². The summed E-state index contributed by atoms with van der Waals surface area (Å²) in [4.78, 5) is 20.4. The maximum Gasteiger partial charge on any atom is 0.262 e. The first-order valence-electron chi connectivity index (χ1n) is 10.3. The summed E-state index contributed by atoms with van der Waals surface area (Å²) in [5.74, 6) is 1.56. The van der Waals surface area contributed by atoms with E-state index in [0.29, 0.717) is 11.9 Å². The molecule has 1 aromatic heterocycles. The van der Waals surface area contributed by atoms with Crippen molar-refractivity contribution >= 4 is 22.7 Å². The monoisotopic (exact) mass is 425 g/mol. The molecule has 0 N–H and O–H groups in total. The molecule has 30 heavy (non-hydrogen) atoms. The zero-order chi connectivity index (χ0) is 20.8. The van der Waals surface area contributed by atoms with Crippen molar-refractivity contribution in [1.82, 2.24) is 14.5 Å². The summed E-state index contributed by atoms with van der Waals surface area (Å²) in [6.07, 6.45) is 0.909. The van der Waals surface area contributed by atoms with Crippen LogP contribution in [0.4, 0.5) is 0 Å². The molecule has 6 nitrogen and oxygen atoms in total. The van der Waals surface area contributed by atoms with Gasteiger partial charge in [-0.2, -0.15) is 0 Å². The number of methoxy groups -OCH3 is 1. The lowest BCUT2D eigenvalue weighted by molar-refractivity contribution is 0.0368. The fraction of sp³-hybridized carbons (Fsp3) is 0.391. The zero-order valence-electron chi connectivity index (χ0n) is 17.3. The number of ether oxygens (including phenoxy) is 2. The maximum atomic E-state index is 13.2. The van der Waals surface area contributed by atoms with Crippen LogP contribution in [-0.4, -0.2) is 54.4 Å². The first-order chi connectivity index (χ1) is 14.7. The number of aromatic nitrogens is 2. The van der Waals surface area contributed by atoms with Crippen molar-refractivity contribution in [2.24, 2.45) is 0 Å². The van der Waals surface area contributed by atoms with Gasteiger partial charge in [0.15, 0.2) is 5.16 Å². The predicted octanol–water partition coefficient (Wildman–Crippen LogP) is 3.42. The molecule has 3 aromatic rings. The third-order valence-electron chi connectivity index (χ3n) is 5.29. The van der Waals surface area contributed by atoms with Gasteiger partial charge in [-0.1, -0.05) is 36.0 Å². The smallest absolute Gasteiger partial charge is 0.262 e. The Kier molecular flexibility index (Phi) is 7.04. The molecule has 0 amide bonds. The molecule has 0 saturated carbocycles.